The predicted octanol–water partition coefficient (Wildman–Crippen LogP) is 1.58. The first-order chi connectivity index (χ1) is 8.60. The van der Waals surface area contributed by atoms with Gasteiger partial charge in [-0.2, -0.15) is 5.10 Å². The Bertz CT molecular complexity index is 350. The first-order valence-corrected chi connectivity index (χ1v) is 6.58. The van der Waals surface area contributed by atoms with Gasteiger partial charge in [0.2, 0.25) is 0 Å². The zero-order valence-electron chi connectivity index (χ0n) is 11.8. The summed E-state index contributed by atoms with van der Waals surface area (Å²) in [5.41, 5.74) is 0.760. The molecule has 0 saturated heterocycles. The molecule has 0 aliphatic heterocycles. The van der Waals surface area contributed by atoms with E-state index in [2.05, 4.69) is 31.2 Å². The van der Waals surface area contributed by atoms with E-state index in [0.29, 0.717) is 18.2 Å². The van der Waals surface area contributed by atoms with Crippen molar-refractivity contribution in [1.82, 2.24) is 15.1 Å². The number of nitrogens with zero attached hydrogens (tertiary/aromatic N) is 2. The Balaban J connectivity index is 2.69. The molecule has 0 aromatic carbocycles. The van der Waals surface area contributed by atoms with Crippen molar-refractivity contribution in [3.8, 4) is 5.75 Å². The molecule has 0 amide bonds. The van der Waals surface area contributed by atoms with Gasteiger partial charge in [-0.1, -0.05) is 20.8 Å². The summed E-state index contributed by atoms with van der Waals surface area (Å²) >= 11 is 0. The third-order valence-electron chi connectivity index (χ3n) is 2.71. The minimum atomic E-state index is -0.590. The van der Waals surface area contributed by atoms with Gasteiger partial charge in [0.25, 0.3) is 0 Å². The van der Waals surface area contributed by atoms with Crippen LogP contribution in [0.4, 0.5) is 0 Å². The molecule has 5 heteroatoms. The van der Waals surface area contributed by atoms with Crippen LogP contribution in [0.3, 0.4) is 0 Å². The van der Waals surface area contributed by atoms with Crippen molar-refractivity contribution < 1.29 is 9.84 Å². The molecule has 1 atom stereocenters. The molecule has 0 saturated carbocycles. The van der Waals surface area contributed by atoms with Crippen LogP contribution in [-0.2, 0) is 6.54 Å². The minimum absolute atomic E-state index is 0.518. The number of methoxy groups -OCH3 is 1. The average molecular weight is 255 g/mol. The van der Waals surface area contributed by atoms with E-state index in [1.807, 2.05) is 4.68 Å². The number of nitrogens with one attached hydrogen (secondary N) is 1. The molecule has 18 heavy (non-hydrogen) atoms. The van der Waals surface area contributed by atoms with Gasteiger partial charge in [-0.25, -0.2) is 0 Å². The van der Waals surface area contributed by atoms with E-state index in [1.54, 1.807) is 13.3 Å². The number of aliphatic hydroxyl groups excluding tert-OH is 1. The Hall–Kier alpha value is -1.07. The molecule has 0 bridgehead atoms. The van der Waals surface area contributed by atoms with Gasteiger partial charge < -0.3 is 15.2 Å². The molecular formula is C13H25N3O2. The summed E-state index contributed by atoms with van der Waals surface area (Å²) < 4.78 is 7.07. The molecule has 1 aromatic heterocycles. The highest BCUT2D eigenvalue weighted by atomic mass is 16.5. The molecule has 1 heterocycles. The molecule has 0 aliphatic rings. The number of aliphatic hydroxyl groups is 1. The molecule has 5 nitrogen and oxygen atoms in total. The molecule has 1 rings (SSSR count). The maximum absolute atomic E-state index is 10.2. The van der Waals surface area contributed by atoms with Crippen LogP contribution in [0.1, 0.15) is 39.0 Å². The lowest BCUT2D eigenvalue weighted by Gasteiger charge is -2.16. The van der Waals surface area contributed by atoms with Crippen molar-refractivity contribution in [3.05, 3.63) is 11.9 Å². The smallest absolute Gasteiger partial charge is 0.162 e. The highest BCUT2D eigenvalue weighted by molar-refractivity contribution is 5.27. The van der Waals surface area contributed by atoms with Gasteiger partial charge in [-0.3, -0.25) is 4.68 Å². The Morgan fingerprint density at radius 3 is 2.72 bits per heavy atom. The third kappa shape index (κ3) is 3.99. The van der Waals surface area contributed by atoms with E-state index in [0.717, 1.165) is 25.2 Å². The van der Waals surface area contributed by atoms with Crippen LogP contribution >= 0.6 is 0 Å². The molecule has 104 valence electrons. The van der Waals surface area contributed by atoms with E-state index in [4.69, 9.17) is 4.74 Å². The summed E-state index contributed by atoms with van der Waals surface area (Å²) in [6, 6.07) is 0. The highest BCUT2D eigenvalue weighted by Gasteiger charge is 2.19. The molecule has 1 aromatic rings. The normalized spacial score (nSPS) is 13.0. The lowest BCUT2D eigenvalue weighted by atomic mass is 10.2. The van der Waals surface area contributed by atoms with Gasteiger partial charge >= 0.3 is 0 Å². The second-order valence-corrected chi connectivity index (χ2v) is 4.89. The average Bonchev–Trinajstić information content (AvgIpc) is 2.72. The van der Waals surface area contributed by atoms with Gasteiger partial charge in [-0.15, -0.1) is 0 Å². The standard InChI is InChI=1S/C13H25N3O2/c1-5-6-16-13(12(18-4)9-15-16)11(17)8-14-7-10(2)3/h9-11,14,17H,5-8H2,1-4H3. The molecule has 2 N–H and O–H groups in total. The van der Waals surface area contributed by atoms with Crippen molar-refractivity contribution in [3.63, 3.8) is 0 Å². The van der Waals surface area contributed by atoms with Crippen molar-refractivity contribution in [2.45, 2.75) is 39.8 Å². The number of aryl methyl sites for hydroxylation is 1. The number of hydrogen-bond acceptors (Lipinski definition) is 4. The van der Waals surface area contributed by atoms with E-state index < -0.39 is 6.10 Å². The quantitative estimate of drug-likeness (QED) is 0.740. The zero-order valence-corrected chi connectivity index (χ0v) is 11.8. The van der Waals surface area contributed by atoms with E-state index in [9.17, 15) is 5.11 Å². The van der Waals surface area contributed by atoms with Crippen LogP contribution in [0.2, 0.25) is 0 Å². The maximum atomic E-state index is 10.2. The SMILES string of the molecule is CCCn1ncc(OC)c1C(O)CNCC(C)C. The van der Waals surface area contributed by atoms with Gasteiger partial charge in [0.1, 0.15) is 11.8 Å². The van der Waals surface area contributed by atoms with Crippen molar-refractivity contribution >= 4 is 0 Å². The second-order valence-electron chi connectivity index (χ2n) is 4.89. The lowest BCUT2D eigenvalue weighted by Crippen LogP contribution is -2.26. The minimum Gasteiger partial charge on any atom is -0.493 e. The molecule has 0 radical (unpaired) electrons. The predicted molar refractivity (Wildman–Crippen MR) is 71.7 cm³/mol. The number of hydrogen-bond donors (Lipinski definition) is 2. The topological polar surface area (TPSA) is 59.3 Å². The highest BCUT2D eigenvalue weighted by Crippen LogP contribution is 2.24. The van der Waals surface area contributed by atoms with Gasteiger partial charge in [-0.05, 0) is 18.9 Å². The van der Waals surface area contributed by atoms with E-state index in [-0.39, 0.29) is 0 Å². The van der Waals surface area contributed by atoms with Gasteiger partial charge in [0, 0.05) is 13.1 Å². The fourth-order valence-corrected chi connectivity index (χ4v) is 1.87. The molecule has 1 unspecified atom stereocenters. The zero-order chi connectivity index (χ0) is 13.5. The number of aromatic nitrogens is 2. The van der Waals surface area contributed by atoms with E-state index >= 15 is 0 Å². The summed E-state index contributed by atoms with van der Waals surface area (Å²) in [6.07, 6.45) is 2.05. The summed E-state index contributed by atoms with van der Waals surface area (Å²) in [5.74, 6) is 1.22. The molecule has 0 spiro atoms. The van der Waals surface area contributed by atoms with Crippen LogP contribution in [0.25, 0.3) is 0 Å². The Labute approximate surface area is 109 Å². The summed E-state index contributed by atoms with van der Waals surface area (Å²) in [7, 11) is 1.60. The van der Waals surface area contributed by atoms with Crippen LogP contribution in [0.5, 0.6) is 5.75 Å². The molecule has 0 fully saturated rings. The fraction of sp³-hybridized carbons (Fsp3) is 0.769. The van der Waals surface area contributed by atoms with E-state index in [1.165, 1.54) is 0 Å². The Kier molecular flexibility index (Phi) is 6.15. The monoisotopic (exact) mass is 255 g/mol. The van der Waals surface area contributed by atoms with Crippen molar-refractivity contribution in [1.29, 1.82) is 0 Å². The molecular weight excluding hydrogens is 230 g/mol. The Morgan fingerprint density at radius 2 is 2.17 bits per heavy atom. The summed E-state index contributed by atoms with van der Waals surface area (Å²) in [4.78, 5) is 0. The fourth-order valence-electron chi connectivity index (χ4n) is 1.87. The van der Waals surface area contributed by atoms with Crippen LogP contribution < -0.4 is 10.1 Å². The Morgan fingerprint density at radius 1 is 1.44 bits per heavy atom. The lowest BCUT2D eigenvalue weighted by molar-refractivity contribution is 0.158. The summed E-state index contributed by atoms with van der Waals surface area (Å²) in [5, 5.41) is 17.7. The maximum Gasteiger partial charge on any atom is 0.162 e. The van der Waals surface area contributed by atoms with Crippen LogP contribution in [0.15, 0.2) is 6.20 Å². The van der Waals surface area contributed by atoms with Crippen LogP contribution in [-0.4, -0.2) is 35.1 Å². The van der Waals surface area contributed by atoms with Gasteiger partial charge in [0.05, 0.1) is 13.3 Å². The number of rotatable bonds is 8. The summed E-state index contributed by atoms with van der Waals surface area (Å²) in [6.45, 7) is 8.56. The first-order valence-electron chi connectivity index (χ1n) is 6.58. The molecule has 0 aliphatic carbocycles. The second kappa shape index (κ2) is 7.38. The largest absolute Gasteiger partial charge is 0.493 e. The third-order valence-corrected chi connectivity index (χ3v) is 2.71. The number of ether oxygens (including phenoxy) is 1. The van der Waals surface area contributed by atoms with Crippen molar-refractivity contribution in [2.24, 2.45) is 5.92 Å². The van der Waals surface area contributed by atoms with Crippen molar-refractivity contribution in [2.75, 3.05) is 20.2 Å². The van der Waals surface area contributed by atoms with Gasteiger partial charge in [0.15, 0.2) is 5.75 Å². The van der Waals surface area contributed by atoms with Crippen LogP contribution in [0, 0.1) is 5.92 Å². The first kappa shape index (κ1) is 15.0.